The van der Waals surface area contributed by atoms with E-state index in [4.69, 9.17) is 10.5 Å². The maximum atomic E-state index is 12.1. The smallest absolute Gasteiger partial charge is 0.306 e. The Hall–Kier alpha value is -1.35. The lowest BCUT2D eigenvalue weighted by Crippen LogP contribution is -2.24. The Balaban J connectivity index is 1.86. The molecule has 0 spiro atoms. The fraction of sp³-hybridized carbons (Fsp3) is 0.611. The number of ether oxygens (including phenoxy) is 1. The number of esters is 1. The fourth-order valence-electron chi connectivity index (χ4n) is 3.03. The standard InChI is InChI=1S/C18H27NO2/c1-18(2,11-14-7-9-15(13-19)10-8-14)12-17(20)21-16-5-3-4-6-16/h7-10,16H,3-6,11-13,19H2,1-2H3. The van der Waals surface area contributed by atoms with Crippen LogP contribution in [0.25, 0.3) is 0 Å². The lowest BCUT2D eigenvalue weighted by Gasteiger charge is -2.24. The van der Waals surface area contributed by atoms with Crippen LogP contribution < -0.4 is 5.73 Å². The largest absolute Gasteiger partial charge is 0.462 e. The first-order valence-electron chi connectivity index (χ1n) is 7.96. The van der Waals surface area contributed by atoms with Crippen molar-refractivity contribution in [2.24, 2.45) is 11.1 Å². The Morgan fingerprint density at radius 1 is 1.19 bits per heavy atom. The number of hydrogen-bond acceptors (Lipinski definition) is 3. The lowest BCUT2D eigenvalue weighted by atomic mass is 9.82. The Bertz CT molecular complexity index is 459. The summed E-state index contributed by atoms with van der Waals surface area (Å²) < 4.78 is 5.57. The predicted octanol–water partition coefficient (Wildman–Crippen LogP) is 3.59. The highest BCUT2D eigenvalue weighted by Gasteiger charge is 2.26. The van der Waals surface area contributed by atoms with E-state index >= 15 is 0 Å². The van der Waals surface area contributed by atoms with E-state index in [1.54, 1.807) is 0 Å². The highest BCUT2D eigenvalue weighted by atomic mass is 16.5. The molecule has 0 aromatic heterocycles. The Kier molecular flexibility index (Phi) is 5.40. The van der Waals surface area contributed by atoms with E-state index in [1.807, 2.05) is 0 Å². The van der Waals surface area contributed by atoms with Crippen LogP contribution in [0.15, 0.2) is 24.3 Å². The number of benzene rings is 1. The van der Waals surface area contributed by atoms with Gasteiger partial charge in [0.05, 0.1) is 6.42 Å². The van der Waals surface area contributed by atoms with Gasteiger partial charge in [0.15, 0.2) is 0 Å². The molecule has 3 heteroatoms. The molecule has 0 unspecified atom stereocenters. The highest BCUT2D eigenvalue weighted by molar-refractivity contribution is 5.70. The summed E-state index contributed by atoms with van der Waals surface area (Å²) in [4.78, 5) is 12.1. The maximum Gasteiger partial charge on any atom is 0.306 e. The zero-order valence-corrected chi connectivity index (χ0v) is 13.2. The van der Waals surface area contributed by atoms with Gasteiger partial charge in [-0.3, -0.25) is 4.79 Å². The van der Waals surface area contributed by atoms with E-state index in [0.29, 0.717) is 13.0 Å². The van der Waals surface area contributed by atoms with E-state index in [-0.39, 0.29) is 17.5 Å². The normalized spacial score (nSPS) is 16.1. The van der Waals surface area contributed by atoms with E-state index < -0.39 is 0 Å². The molecule has 1 aromatic rings. The van der Waals surface area contributed by atoms with Crippen molar-refractivity contribution in [3.8, 4) is 0 Å². The number of rotatable bonds is 6. The third-order valence-corrected chi connectivity index (χ3v) is 4.16. The molecule has 2 rings (SSSR count). The molecule has 0 atom stereocenters. The molecule has 1 saturated carbocycles. The van der Waals surface area contributed by atoms with Crippen LogP contribution in [-0.4, -0.2) is 12.1 Å². The number of nitrogens with two attached hydrogens (primary N) is 1. The lowest BCUT2D eigenvalue weighted by molar-refractivity contribution is -0.151. The Morgan fingerprint density at radius 2 is 1.76 bits per heavy atom. The molecule has 0 saturated heterocycles. The zero-order valence-electron chi connectivity index (χ0n) is 13.2. The summed E-state index contributed by atoms with van der Waals surface area (Å²) in [5, 5.41) is 0. The summed E-state index contributed by atoms with van der Waals surface area (Å²) in [5.74, 6) is -0.0505. The van der Waals surface area contributed by atoms with Crippen molar-refractivity contribution in [3.63, 3.8) is 0 Å². The molecule has 0 amide bonds. The predicted molar refractivity (Wildman–Crippen MR) is 84.8 cm³/mol. The first-order chi connectivity index (χ1) is 9.98. The Morgan fingerprint density at radius 3 is 2.33 bits per heavy atom. The van der Waals surface area contributed by atoms with Gasteiger partial charge in [0, 0.05) is 6.54 Å². The molecule has 1 aliphatic rings. The molecular weight excluding hydrogens is 262 g/mol. The van der Waals surface area contributed by atoms with E-state index in [0.717, 1.165) is 24.8 Å². The number of carbonyl (C=O) groups excluding carboxylic acids is 1. The molecule has 0 bridgehead atoms. The molecular formula is C18H27NO2. The van der Waals surface area contributed by atoms with Crippen LogP contribution in [0.3, 0.4) is 0 Å². The third-order valence-electron chi connectivity index (χ3n) is 4.16. The first-order valence-corrected chi connectivity index (χ1v) is 7.96. The average Bonchev–Trinajstić information content (AvgIpc) is 2.91. The van der Waals surface area contributed by atoms with Crippen molar-refractivity contribution in [3.05, 3.63) is 35.4 Å². The van der Waals surface area contributed by atoms with Gasteiger partial charge >= 0.3 is 5.97 Å². The zero-order chi connectivity index (χ0) is 15.3. The minimum absolute atomic E-state index is 0.0505. The van der Waals surface area contributed by atoms with Gasteiger partial charge < -0.3 is 10.5 Å². The van der Waals surface area contributed by atoms with E-state index in [2.05, 4.69) is 38.1 Å². The number of carbonyl (C=O) groups is 1. The highest BCUT2D eigenvalue weighted by Crippen LogP contribution is 2.28. The van der Waals surface area contributed by atoms with Crippen LogP contribution >= 0.6 is 0 Å². The quantitative estimate of drug-likeness (QED) is 0.814. The second-order valence-electron chi connectivity index (χ2n) is 6.93. The van der Waals surface area contributed by atoms with Crippen LogP contribution in [0.1, 0.15) is 57.1 Å². The summed E-state index contributed by atoms with van der Waals surface area (Å²) in [6.07, 6.45) is 5.96. The fourth-order valence-corrected chi connectivity index (χ4v) is 3.03. The van der Waals surface area contributed by atoms with Gasteiger partial charge in [0.2, 0.25) is 0 Å². The molecule has 21 heavy (non-hydrogen) atoms. The molecule has 0 aliphatic heterocycles. The van der Waals surface area contributed by atoms with Crippen molar-refractivity contribution in [2.75, 3.05) is 0 Å². The summed E-state index contributed by atoms with van der Waals surface area (Å²) in [6, 6.07) is 8.32. The maximum absolute atomic E-state index is 12.1. The molecule has 116 valence electrons. The van der Waals surface area contributed by atoms with Gasteiger partial charge in [-0.2, -0.15) is 0 Å². The molecule has 0 radical (unpaired) electrons. The second kappa shape index (κ2) is 7.08. The van der Waals surface area contributed by atoms with Crippen molar-refractivity contribution < 1.29 is 9.53 Å². The van der Waals surface area contributed by atoms with Crippen LogP contribution in [0.5, 0.6) is 0 Å². The average molecular weight is 289 g/mol. The van der Waals surface area contributed by atoms with Gasteiger partial charge in [-0.15, -0.1) is 0 Å². The van der Waals surface area contributed by atoms with Crippen molar-refractivity contribution in [1.29, 1.82) is 0 Å². The molecule has 1 aliphatic carbocycles. The molecule has 1 fully saturated rings. The van der Waals surface area contributed by atoms with Gasteiger partial charge in [0.1, 0.15) is 6.10 Å². The molecule has 1 aromatic carbocycles. The monoisotopic (exact) mass is 289 g/mol. The van der Waals surface area contributed by atoms with Gasteiger partial charge in [-0.25, -0.2) is 0 Å². The summed E-state index contributed by atoms with van der Waals surface area (Å²) >= 11 is 0. The summed E-state index contributed by atoms with van der Waals surface area (Å²) in [6.45, 7) is 4.82. The van der Waals surface area contributed by atoms with Gasteiger partial charge in [0.25, 0.3) is 0 Å². The van der Waals surface area contributed by atoms with Crippen LogP contribution in [0, 0.1) is 5.41 Å². The van der Waals surface area contributed by atoms with Gasteiger partial charge in [-0.05, 0) is 48.6 Å². The third kappa shape index (κ3) is 5.16. The van der Waals surface area contributed by atoms with E-state index in [1.165, 1.54) is 18.4 Å². The second-order valence-corrected chi connectivity index (χ2v) is 6.93. The number of hydrogen-bond donors (Lipinski definition) is 1. The van der Waals surface area contributed by atoms with Crippen LogP contribution in [-0.2, 0) is 22.5 Å². The first kappa shape index (κ1) is 16.0. The summed E-state index contributed by atoms with van der Waals surface area (Å²) in [5.41, 5.74) is 7.90. The minimum atomic E-state index is -0.0834. The van der Waals surface area contributed by atoms with Crippen LogP contribution in [0.4, 0.5) is 0 Å². The van der Waals surface area contributed by atoms with Crippen molar-refractivity contribution in [2.45, 2.75) is 65.0 Å². The van der Waals surface area contributed by atoms with Crippen molar-refractivity contribution in [1.82, 2.24) is 0 Å². The summed E-state index contributed by atoms with van der Waals surface area (Å²) in [7, 11) is 0. The minimum Gasteiger partial charge on any atom is -0.462 e. The SMILES string of the molecule is CC(C)(CC(=O)OC1CCCC1)Cc1ccc(CN)cc1. The van der Waals surface area contributed by atoms with E-state index in [9.17, 15) is 4.79 Å². The van der Waals surface area contributed by atoms with Crippen LogP contribution in [0.2, 0.25) is 0 Å². The molecule has 0 heterocycles. The Labute approximate surface area is 127 Å². The molecule has 3 nitrogen and oxygen atoms in total. The molecule has 2 N–H and O–H groups in total. The topological polar surface area (TPSA) is 52.3 Å². The van der Waals surface area contributed by atoms with Crippen molar-refractivity contribution >= 4 is 5.97 Å². The van der Waals surface area contributed by atoms with Gasteiger partial charge in [-0.1, -0.05) is 38.1 Å².